The Labute approximate surface area is 140 Å². The van der Waals surface area contributed by atoms with Gasteiger partial charge < -0.3 is 0 Å². The normalized spacial score (nSPS) is 13.1. The van der Waals surface area contributed by atoms with Crippen LogP contribution in [0.2, 0.25) is 14.8 Å². The first-order valence-corrected chi connectivity index (χ1v) is 18.4. The van der Waals surface area contributed by atoms with Gasteiger partial charge in [-0.2, -0.15) is 0 Å². The second-order valence-corrected chi connectivity index (χ2v) is 21.5. The number of ether oxygens (including phenoxy) is 2. The number of methoxy groups -OCH3 is 1. The van der Waals surface area contributed by atoms with E-state index in [9.17, 15) is 0 Å². The summed E-state index contributed by atoms with van der Waals surface area (Å²) in [6.07, 6.45) is 0. The fraction of sp³-hybridized carbons (Fsp3) is 0.500. The van der Waals surface area contributed by atoms with Crippen molar-refractivity contribution in [2.75, 3.05) is 18.1 Å². The molecule has 20 heavy (non-hydrogen) atoms. The maximum atomic E-state index is 5.89. The van der Waals surface area contributed by atoms with Gasteiger partial charge in [0.1, 0.15) is 0 Å². The van der Waals surface area contributed by atoms with Crippen LogP contribution in [0, 0.1) is 5.92 Å². The molecule has 1 atom stereocenters. The monoisotopic (exact) mass is 496 g/mol. The Kier molecular flexibility index (Phi) is 7.90. The van der Waals surface area contributed by atoms with E-state index in [4.69, 9.17) is 9.47 Å². The van der Waals surface area contributed by atoms with Crippen molar-refractivity contribution >= 4 is 41.0 Å². The summed E-state index contributed by atoms with van der Waals surface area (Å²) in [5, 5.41) is 0. The fourth-order valence-electron chi connectivity index (χ4n) is 1.89. The maximum absolute atomic E-state index is 5.89. The Morgan fingerprint density at radius 2 is 1.85 bits per heavy atom. The molecule has 1 rings (SSSR count). The third-order valence-corrected chi connectivity index (χ3v) is 11.1. The molecule has 1 aromatic carbocycles. The van der Waals surface area contributed by atoms with Crippen LogP contribution in [0.1, 0.15) is 5.56 Å². The molecule has 112 valence electrons. The Hall–Kier alpha value is 0.249. The van der Waals surface area contributed by atoms with E-state index in [0.29, 0.717) is 12.5 Å². The standard InChI is InChI=1S/C13H16IO2.3CH3.Sn/c1-3-11(8-14)9-16-10-12-4-6-13(15-2)7-5-12;;;;/h4-7,11H,1,8-10H2,2H3;3*1H3;/t11-;;;;/m0..../s1. The first-order valence-electron chi connectivity index (χ1n) is 6.84. The van der Waals surface area contributed by atoms with Crippen LogP contribution in [-0.2, 0) is 11.3 Å². The Bertz CT molecular complexity index is 423. The molecule has 0 bridgehead atoms. The second kappa shape index (κ2) is 8.63. The molecular weight excluding hydrogens is 470 g/mol. The molecule has 2 nitrogen and oxygen atoms in total. The molecule has 0 fully saturated rings. The first-order chi connectivity index (χ1) is 9.38. The summed E-state index contributed by atoms with van der Waals surface area (Å²) in [6, 6.07) is 8.05. The van der Waals surface area contributed by atoms with E-state index in [2.05, 4.69) is 56.1 Å². The average molecular weight is 495 g/mol. The molecule has 0 aliphatic carbocycles. The van der Waals surface area contributed by atoms with Gasteiger partial charge in [0.25, 0.3) is 0 Å². The van der Waals surface area contributed by atoms with Crippen molar-refractivity contribution < 1.29 is 9.47 Å². The Morgan fingerprint density at radius 1 is 1.25 bits per heavy atom. The molecule has 0 N–H and O–H groups in total. The van der Waals surface area contributed by atoms with E-state index < -0.39 is 18.4 Å². The van der Waals surface area contributed by atoms with Crippen molar-refractivity contribution in [3.8, 4) is 5.75 Å². The van der Waals surface area contributed by atoms with Gasteiger partial charge in [-0.3, -0.25) is 0 Å². The van der Waals surface area contributed by atoms with E-state index in [1.807, 2.05) is 12.1 Å². The SMILES string of the molecule is C=[C]([C@@H](CI)COCc1ccc(OC)cc1)[Sn]([CH3])([CH3])[CH3]. The molecule has 0 aliphatic rings. The zero-order valence-electron chi connectivity index (χ0n) is 12.9. The van der Waals surface area contributed by atoms with E-state index in [0.717, 1.165) is 16.8 Å². The van der Waals surface area contributed by atoms with Gasteiger partial charge in [0.05, 0.1) is 0 Å². The third kappa shape index (κ3) is 5.93. The predicted octanol–water partition coefficient (Wildman–Crippen LogP) is 4.70. The second-order valence-electron chi connectivity index (χ2n) is 5.99. The number of hydrogen-bond donors (Lipinski definition) is 0. The van der Waals surface area contributed by atoms with Gasteiger partial charge in [0, 0.05) is 0 Å². The summed E-state index contributed by atoms with van der Waals surface area (Å²) in [5.41, 5.74) is 1.18. The van der Waals surface area contributed by atoms with Gasteiger partial charge in [-0.05, 0) is 0 Å². The van der Waals surface area contributed by atoms with Crippen molar-refractivity contribution in [1.82, 2.24) is 0 Å². The fourth-order valence-corrected chi connectivity index (χ4v) is 7.89. The number of alkyl halides is 1. The van der Waals surface area contributed by atoms with E-state index >= 15 is 0 Å². The Morgan fingerprint density at radius 3 is 2.30 bits per heavy atom. The molecule has 0 saturated heterocycles. The van der Waals surface area contributed by atoms with Gasteiger partial charge in [0.2, 0.25) is 0 Å². The van der Waals surface area contributed by atoms with Crippen LogP contribution >= 0.6 is 22.6 Å². The van der Waals surface area contributed by atoms with Crippen LogP contribution in [0.4, 0.5) is 0 Å². The van der Waals surface area contributed by atoms with Gasteiger partial charge in [-0.1, -0.05) is 0 Å². The average Bonchev–Trinajstić information content (AvgIpc) is 2.42. The molecular formula is C16H25IO2Sn. The van der Waals surface area contributed by atoms with Crippen LogP contribution < -0.4 is 4.74 Å². The summed E-state index contributed by atoms with van der Waals surface area (Å²) >= 11 is 0.435. The van der Waals surface area contributed by atoms with E-state index in [1.165, 1.54) is 9.15 Å². The van der Waals surface area contributed by atoms with E-state index in [1.54, 1.807) is 7.11 Å². The zero-order valence-corrected chi connectivity index (χ0v) is 17.9. The molecule has 0 radical (unpaired) electrons. The van der Waals surface area contributed by atoms with Gasteiger partial charge in [0.15, 0.2) is 0 Å². The summed E-state index contributed by atoms with van der Waals surface area (Å²) in [5.74, 6) is 1.39. The first kappa shape index (κ1) is 18.3. The quantitative estimate of drug-likeness (QED) is 0.296. The van der Waals surface area contributed by atoms with Gasteiger partial charge in [-0.15, -0.1) is 0 Å². The molecule has 0 heterocycles. The molecule has 1 aromatic rings. The summed E-state index contributed by atoms with van der Waals surface area (Å²) in [7, 11) is 1.68. The van der Waals surface area contributed by atoms with Gasteiger partial charge in [-0.25, -0.2) is 0 Å². The predicted molar refractivity (Wildman–Crippen MR) is 97.5 cm³/mol. The number of benzene rings is 1. The topological polar surface area (TPSA) is 18.5 Å². The molecule has 0 spiro atoms. The molecule has 0 saturated carbocycles. The minimum absolute atomic E-state index is 0.504. The third-order valence-electron chi connectivity index (χ3n) is 3.39. The van der Waals surface area contributed by atoms with Crippen LogP contribution in [0.3, 0.4) is 0 Å². The van der Waals surface area contributed by atoms with Crippen molar-refractivity contribution in [3.05, 3.63) is 40.0 Å². The minimum atomic E-state index is -2.01. The van der Waals surface area contributed by atoms with Crippen molar-refractivity contribution in [2.45, 2.75) is 21.4 Å². The summed E-state index contributed by atoms with van der Waals surface area (Å²) in [4.78, 5) is 7.25. The van der Waals surface area contributed by atoms with Crippen molar-refractivity contribution in [1.29, 1.82) is 0 Å². The molecule has 0 unspecified atom stereocenters. The van der Waals surface area contributed by atoms with Gasteiger partial charge >= 0.3 is 142 Å². The number of halogens is 1. The Balaban J connectivity index is 2.47. The van der Waals surface area contributed by atoms with Crippen LogP contribution in [0.5, 0.6) is 5.75 Å². The zero-order chi connectivity index (χ0) is 15.2. The van der Waals surface area contributed by atoms with Crippen LogP contribution in [0.15, 0.2) is 34.4 Å². The van der Waals surface area contributed by atoms with E-state index in [-0.39, 0.29) is 0 Å². The summed E-state index contributed by atoms with van der Waals surface area (Å²) < 4.78 is 13.6. The van der Waals surface area contributed by atoms with Crippen molar-refractivity contribution in [3.63, 3.8) is 0 Å². The van der Waals surface area contributed by atoms with Crippen LogP contribution in [-0.4, -0.2) is 36.5 Å². The van der Waals surface area contributed by atoms with Crippen LogP contribution in [0.25, 0.3) is 0 Å². The molecule has 0 aliphatic heterocycles. The molecule has 4 heteroatoms. The number of rotatable bonds is 8. The van der Waals surface area contributed by atoms with Crippen molar-refractivity contribution in [2.24, 2.45) is 5.92 Å². The molecule has 0 aromatic heterocycles. The summed E-state index contributed by atoms with van der Waals surface area (Å²) in [6.45, 7) is 5.77. The number of hydrogen-bond acceptors (Lipinski definition) is 2. The molecule has 0 amide bonds.